The van der Waals surface area contributed by atoms with Crippen LogP contribution in [0.15, 0.2) is 53.4 Å². The van der Waals surface area contributed by atoms with Crippen LogP contribution in [0.5, 0.6) is 5.75 Å². The zero-order valence-electron chi connectivity index (χ0n) is 14.0. The molecule has 5 heteroatoms. The van der Waals surface area contributed by atoms with Gasteiger partial charge in [-0.05, 0) is 30.7 Å². The van der Waals surface area contributed by atoms with Gasteiger partial charge in [-0.2, -0.15) is 0 Å². The van der Waals surface area contributed by atoms with Gasteiger partial charge in [0.15, 0.2) is 0 Å². The highest BCUT2D eigenvalue weighted by atomic mass is 32.2. The number of methoxy groups -OCH3 is 1. The molecule has 1 aliphatic rings. The van der Waals surface area contributed by atoms with Gasteiger partial charge in [0.2, 0.25) is 5.91 Å². The molecule has 4 nitrogen and oxygen atoms in total. The van der Waals surface area contributed by atoms with E-state index in [0.717, 1.165) is 30.1 Å². The highest BCUT2D eigenvalue weighted by Crippen LogP contribution is 2.37. The maximum absolute atomic E-state index is 12.8. The summed E-state index contributed by atoms with van der Waals surface area (Å²) in [6, 6.07) is 15.8. The molecule has 0 radical (unpaired) electrons. The molecule has 2 aromatic rings. The maximum atomic E-state index is 12.8. The van der Waals surface area contributed by atoms with Crippen LogP contribution in [0.1, 0.15) is 13.3 Å². The minimum atomic E-state index is 0.0723. The molecule has 0 unspecified atom stereocenters. The first-order valence-electron chi connectivity index (χ1n) is 8.12. The van der Waals surface area contributed by atoms with Crippen molar-refractivity contribution in [3.05, 3.63) is 48.5 Å². The molecule has 1 amide bonds. The molecule has 3 rings (SSSR count). The van der Waals surface area contributed by atoms with Crippen LogP contribution in [-0.2, 0) is 4.79 Å². The van der Waals surface area contributed by atoms with Crippen molar-refractivity contribution in [2.75, 3.05) is 30.4 Å². The lowest BCUT2D eigenvalue weighted by Crippen LogP contribution is -2.36. The Labute approximate surface area is 147 Å². The first-order valence-corrected chi connectivity index (χ1v) is 9.00. The van der Waals surface area contributed by atoms with Crippen LogP contribution in [-0.4, -0.2) is 31.4 Å². The molecular weight excluding hydrogens is 320 g/mol. The number of nitrogens with zero attached hydrogens (tertiary/aromatic N) is 1. The number of nitrogens with one attached hydrogen (secondary N) is 1. The fourth-order valence-electron chi connectivity index (χ4n) is 2.80. The number of hydrogen-bond donors (Lipinski definition) is 1. The highest BCUT2D eigenvalue weighted by Gasteiger charge is 2.23. The van der Waals surface area contributed by atoms with Crippen molar-refractivity contribution in [1.82, 2.24) is 0 Å². The van der Waals surface area contributed by atoms with Gasteiger partial charge in [-0.3, -0.25) is 4.79 Å². The smallest absolute Gasteiger partial charge is 0.246 e. The highest BCUT2D eigenvalue weighted by molar-refractivity contribution is 8.00. The predicted octanol–water partition coefficient (Wildman–Crippen LogP) is 4.02. The Balaban J connectivity index is 1.75. The number of anilines is 2. The number of rotatable bonds is 4. The minimum Gasteiger partial charge on any atom is -0.495 e. The van der Waals surface area contributed by atoms with Crippen molar-refractivity contribution in [3.63, 3.8) is 0 Å². The van der Waals surface area contributed by atoms with Gasteiger partial charge in [-0.1, -0.05) is 31.2 Å². The molecule has 1 N–H and O–H groups in total. The summed E-state index contributed by atoms with van der Waals surface area (Å²) in [5.74, 6) is 0.814. The molecule has 24 heavy (non-hydrogen) atoms. The van der Waals surface area contributed by atoms with Crippen LogP contribution in [0.3, 0.4) is 0 Å². The van der Waals surface area contributed by atoms with Crippen molar-refractivity contribution >= 4 is 29.0 Å². The lowest BCUT2D eigenvalue weighted by Gasteiger charge is -2.23. The first kappa shape index (κ1) is 16.7. The van der Waals surface area contributed by atoms with Gasteiger partial charge >= 0.3 is 0 Å². The Bertz CT molecular complexity index is 720. The normalized spacial score (nSPS) is 16.9. The lowest BCUT2D eigenvalue weighted by atomic mass is 10.2. The summed E-state index contributed by atoms with van der Waals surface area (Å²) < 4.78 is 5.32. The molecule has 0 aromatic heterocycles. The maximum Gasteiger partial charge on any atom is 0.246 e. The molecule has 0 fully saturated rings. The van der Waals surface area contributed by atoms with E-state index in [4.69, 9.17) is 4.74 Å². The summed E-state index contributed by atoms with van der Waals surface area (Å²) in [4.78, 5) is 15.9. The number of fused-ring (bicyclic) bond motifs is 1. The Kier molecular flexibility index (Phi) is 5.30. The summed E-state index contributed by atoms with van der Waals surface area (Å²) in [6.45, 7) is 3.20. The van der Waals surface area contributed by atoms with Crippen LogP contribution in [0.2, 0.25) is 0 Å². The Morgan fingerprint density at radius 3 is 2.83 bits per heavy atom. The fraction of sp³-hybridized carbons (Fsp3) is 0.316. The predicted molar refractivity (Wildman–Crippen MR) is 100 cm³/mol. The van der Waals surface area contributed by atoms with Crippen LogP contribution in [0, 0.1) is 0 Å². The van der Waals surface area contributed by atoms with Crippen LogP contribution in [0.4, 0.5) is 11.4 Å². The van der Waals surface area contributed by atoms with E-state index in [-0.39, 0.29) is 12.5 Å². The second-order valence-corrected chi connectivity index (χ2v) is 7.26. The van der Waals surface area contributed by atoms with Gasteiger partial charge in [-0.15, -0.1) is 11.8 Å². The van der Waals surface area contributed by atoms with E-state index in [0.29, 0.717) is 5.25 Å². The summed E-state index contributed by atoms with van der Waals surface area (Å²) in [7, 11) is 1.63. The minimum absolute atomic E-state index is 0.0723. The number of carbonyl (C=O) groups is 1. The number of carbonyl (C=O) groups excluding carboxylic acids is 1. The van der Waals surface area contributed by atoms with Gasteiger partial charge in [-0.25, -0.2) is 0 Å². The van der Waals surface area contributed by atoms with Gasteiger partial charge in [0.25, 0.3) is 0 Å². The molecular formula is C19H22N2O2S. The summed E-state index contributed by atoms with van der Waals surface area (Å²) in [5, 5.41) is 3.71. The number of hydrogen-bond acceptors (Lipinski definition) is 4. The van der Waals surface area contributed by atoms with Gasteiger partial charge < -0.3 is 15.0 Å². The molecule has 1 aliphatic heterocycles. The molecule has 2 aromatic carbocycles. The van der Waals surface area contributed by atoms with Crippen molar-refractivity contribution in [2.24, 2.45) is 0 Å². The van der Waals surface area contributed by atoms with E-state index in [2.05, 4.69) is 18.3 Å². The summed E-state index contributed by atoms with van der Waals surface area (Å²) in [5.41, 5.74) is 1.85. The molecule has 0 saturated carbocycles. The third-order valence-electron chi connectivity index (χ3n) is 4.08. The fourth-order valence-corrected chi connectivity index (χ4v) is 3.92. The third kappa shape index (κ3) is 3.67. The number of amides is 1. The van der Waals surface area contributed by atoms with Crippen molar-refractivity contribution in [1.29, 1.82) is 0 Å². The number of thioether (sulfide) groups is 1. The number of ether oxygens (including phenoxy) is 1. The van der Waals surface area contributed by atoms with Gasteiger partial charge in [0, 0.05) is 16.7 Å². The van der Waals surface area contributed by atoms with E-state index >= 15 is 0 Å². The van der Waals surface area contributed by atoms with Crippen LogP contribution < -0.4 is 15.0 Å². The van der Waals surface area contributed by atoms with E-state index < -0.39 is 0 Å². The second-order valence-electron chi connectivity index (χ2n) is 5.78. The molecule has 0 spiro atoms. The Morgan fingerprint density at radius 2 is 2.00 bits per heavy atom. The molecule has 0 aliphatic carbocycles. The Morgan fingerprint density at radius 1 is 1.25 bits per heavy atom. The van der Waals surface area contributed by atoms with Crippen LogP contribution in [0.25, 0.3) is 0 Å². The van der Waals surface area contributed by atoms with Gasteiger partial charge in [0.05, 0.1) is 25.0 Å². The van der Waals surface area contributed by atoms with E-state index in [1.165, 1.54) is 4.90 Å². The molecule has 0 bridgehead atoms. The largest absolute Gasteiger partial charge is 0.495 e. The SMILES string of the molecule is COc1ccccc1NCC(=O)N1CC[C@H](C)Sc2ccccc21. The van der Waals surface area contributed by atoms with Gasteiger partial charge in [0.1, 0.15) is 5.75 Å². The number of para-hydroxylation sites is 3. The summed E-state index contributed by atoms with van der Waals surface area (Å²) >= 11 is 1.84. The molecule has 1 heterocycles. The van der Waals surface area contributed by atoms with E-state index in [9.17, 15) is 4.79 Å². The van der Waals surface area contributed by atoms with Crippen molar-refractivity contribution in [3.8, 4) is 5.75 Å². The van der Waals surface area contributed by atoms with Crippen molar-refractivity contribution in [2.45, 2.75) is 23.5 Å². The van der Waals surface area contributed by atoms with Crippen molar-refractivity contribution < 1.29 is 9.53 Å². The molecule has 126 valence electrons. The lowest BCUT2D eigenvalue weighted by molar-refractivity contribution is -0.117. The average molecular weight is 342 g/mol. The summed E-state index contributed by atoms with van der Waals surface area (Å²) in [6.07, 6.45) is 0.986. The van der Waals surface area contributed by atoms with Crippen LogP contribution >= 0.6 is 11.8 Å². The van der Waals surface area contributed by atoms with E-state index in [1.807, 2.05) is 59.1 Å². The molecule has 1 atom stereocenters. The second kappa shape index (κ2) is 7.62. The monoisotopic (exact) mass is 342 g/mol. The Hall–Kier alpha value is -2.14. The third-order valence-corrected chi connectivity index (χ3v) is 5.32. The topological polar surface area (TPSA) is 41.6 Å². The first-order chi connectivity index (χ1) is 11.7. The average Bonchev–Trinajstić information content (AvgIpc) is 2.78. The van der Waals surface area contributed by atoms with E-state index in [1.54, 1.807) is 7.11 Å². The standard InChI is InChI=1S/C19H22N2O2S/c1-14-11-12-21(16-8-4-6-10-18(16)24-14)19(22)13-20-15-7-3-5-9-17(15)23-2/h3-10,14,20H,11-13H2,1-2H3/t14-/m0/s1. The molecule has 0 saturated heterocycles. The zero-order valence-corrected chi connectivity index (χ0v) is 14.8. The quantitative estimate of drug-likeness (QED) is 0.911. The number of benzene rings is 2. The zero-order chi connectivity index (χ0) is 16.9.